The minimum absolute atomic E-state index is 0.00630. The number of aryl methyl sites for hydroxylation is 1. The first-order valence-electron chi connectivity index (χ1n) is 5.72. The van der Waals surface area contributed by atoms with Gasteiger partial charge in [0.2, 0.25) is 15.8 Å². The molecule has 1 aromatic rings. The predicted octanol–water partition coefficient (Wildman–Crippen LogP) is 0.677. The Balaban J connectivity index is 3.02. The van der Waals surface area contributed by atoms with Crippen molar-refractivity contribution >= 4 is 27.8 Å². The second-order valence-corrected chi connectivity index (χ2v) is 6.96. The Hall–Kier alpha value is -1.03. The fraction of sp³-hybridized carbons (Fsp3) is 0.545. The van der Waals surface area contributed by atoms with Gasteiger partial charge in [0.15, 0.2) is 0 Å². The van der Waals surface area contributed by atoms with Gasteiger partial charge in [-0.25, -0.2) is 17.9 Å². The van der Waals surface area contributed by atoms with Crippen LogP contribution in [0.25, 0.3) is 0 Å². The summed E-state index contributed by atoms with van der Waals surface area (Å²) in [6, 6.07) is 0.460. The number of sulfonamides is 1. The normalized spacial score (nSPS) is 15.0. The van der Waals surface area contributed by atoms with E-state index < -0.39 is 27.8 Å². The first kappa shape index (κ1) is 17.0. The summed E-state index contributed by atoms with van der Waals surface area (Å²) >= 11 is 1.33. The number of thioether (sulfide) groups is 1. The third-order valence-electron chi connectivity index (χ3n) is 2.75. The number of hydrogen-bond donors (Lipinski definition) is 3. The lowest BCUT2D eigenvalue weighted by atomic mass is 10.3. The minimum atomic E-state index is -3.90. The molecule has 2 atom stereocenters. The van der Waals surface area contributed by atoms with Crippen LogP contribution in [0.15, 0.2) is 15.4 Å². The molecule has 3 N–H and O–H groups in total. The van der Waals surface area contributed by atoms with Crippen molar-refractivity contribution in [3.8, 4) is 0 Å². The molecule has 0 bridgehead atoms. The molecule has 0 aliphatic carbocycles. The Morgan fingerprint density at radius 3 is 2.55 bits per heavy atom. The highest BCUT2D eigenvalue weighted by Gasteiger charge is 2.27. The van der Waals surface area contributed by atoms with Crippen LogP contribution >= 0.6 is 11.8 Å². The topological polar surface area (TPSA) is 117 Å². The molecule has 1 heterocycles. The van der Waals surface area contributed by atoms with Crippen molar-refractivity contribution in [1.82, 2.24) is 4.72 Å². The van der Waals surface area contributed by atoms with E-state index in [1.54, 1.807) is 13.2 Å². The van der Waals surface area contributed by atoms with Gasteiger partial charge in [-0.1, -0.05) is 0 Å². The fourth-order valence-corrected chi connectivity index (χ4v) is 3.83. The van der Waals surface area contributed by atoms with E-state index in [0.29, 0.717) is 0 Å². The van der Waals surface area contributed by atoms with Crippen LogP contribution in [0, 0.1) is 6.92 Å². The SMILES string of the molecule is CSC(CO)C(C)NS(=O)(=O)c1cc(C(=O)O)oc1C. The summed E-state index contributed by atoms with van der Waals surface area (Å²) in [6.45, 7) is 2.84. The summed E-state index contributed by atoms with van der Waals surface area (Å²) in [7, 11) is -3.90. The number of aliphatic hydroxyl groups is 1. The number of hydrogen-bond acceptors (Lipinski definition) is 6. The van der Waals surface area contributed by atoms with Gasteiger partial charge in [-0.2, -0.15) is 11.8 Å². The van der Waals surface area contributed by atoms with Gasteiger partial charge in [-0.15, -0.1) is 0 Å². The van der Waals surface area contributed by atoms with E-state index in [4.69, 9.17) is 14.6 Å². The van der Waals surface area contributed by atoms with Crippen molar-refractivity contribution < 1.29 is 27.8 Å². The van der Waals surface area contributed by atoms with Crippen molar-refractivity contribution in [1.29, 1.82) is 0 Å². The van der Waals surface area contributed by atoms with Crippen LogP contribution in [-0.2, 0) is 10.0 Å². The van der Waals surface area contributed by atoms with Gasteiger partial charge in [0.05, 0.1) is 6.61 Å². The quantitative estimate of drug-likeness (QED) is 0.675. The summed E-state index contributed by atoms with van der Waals surface area (Å²) in [5.41, 5.74) is 0. The van der Waals surface area contributed by atoms with Gasteiger partial charge in [-0.3, -0.25) is 0 Å². The molecule has 1 aromatic heterocycles. The third-order valence-corrected chi connectivity index (χ3v) is 5.58. The van der Waals surface area contributed by atoms with Gasteiger partial charge < -0.3 is 14.6 Å². The zero-order chi connectivity index (χ0) is 15.5. The second-order valence-electron chi connectivity index (χ2n) is 4.20. The highest BCUT2D eigenvalue weighted by atomic mass is 32.2. The van der Waals surface area contributed by atoms with Crippen LogP contribution in [0.3, 0.4) is 0 Å². The second kappa shape index (κ2) is 6.61. The molecule has 0 aliphatic rings. The number of carboxylic acids is 1. The standard InChI is InChI=1S/C11H17NO6S2/c1-6(9(5-13)19-3)12-20(16,17)10-4-8(11(14)15)18-7(10)2/h4,6,9,12-13H,5H2,1-3H3,(H,14,15). The van der Waals surface area contributed by atoms with Crippen LogP contribution < -0.4 is 4.72 Å². The molecule has 0 aromatic carbocycles. The maximum atomic E-state index is 12.2. The molecule has 0 radical (unpaired) electrons. The van der Waals surface area contributed by atoms with Crippen LogP contribution in [0.4, 0.5) is 0 Å². The average Bonchev–Trinajstić information content (AvgIpc) is 2.73. The molecule has 1 rings (SSSR count). The number of rotatable bonds is 7. The predicted molar refractivity (Wildman–Crippen MR) is 74.6 cm³/mol. The van der Waals surface area contributed by atoms with Crippen LogP contribution in [0.2, 0.25) is 0 Å². The van der Waals surface area contributed by atoms with E-state index >= 15 is 0 Å². The Kier molecular flexibility index (Phi) is 5.63. The number of aliphatic hydroxyl groups excluding tert-OH is 1. The molecule has 0 saturated carbocycles. The van der Waals surface area contributed by atoms with E-state index in [1.165, 1.54) is 18.7 Å². The van der Waals surface area contributed by atoms with E-state index in [0.717, 1.165) is 6.07 Å². The van der Waals surface area contributed by atoms with Gasteiger partial charge in [0, 0.05) is 17.4 Å². The molecule has 0 aliphatic heterocycles. The first-order valence-corrected chi connectivity index (χ1v) is 8.49. The number of nitrogens with one attached hydrogen (secondary N) is 1. The Morgan fingerprint density at radius 1 is 1.55 bits per heavy atom. The van der Waals surface area contributed by atoms with Crippen molar-refractivity contribution in [3.63, 3.8) is 0 Å². The Morgan fingerprint density at radius 2 is 2.15 bits per heavy atom. The molecular weight excluding hydrogens is 306 g/mol. The van der Waals surface area contributed by atoms with Gasteiger partial charge in [-0.05, 0) is 20.1 Å². The zero-order valence-electron chi connectivity index (χ0n) is 11.3. The molecule has 7 nitrogen and oxygen atoms in total. The number of aromatic carboxylic acids is 1. The first-order chi connectivity index (χ1) is 9.22. The van der Waals surface area contributed by atoms with Crippen molar-refractivity contribution in [2.75, 3.05) is 12.9 Å². The highest BCUT2D eigenvalue weighted by Crippen LogP contribution is 2.21. The summed E-state index contributed by atoms with van der Waals surface area (Å²) in [4.78, 5) is 10.6. The summed E-state index contributed by atoms with van der Waals surface area (Å²) in [6.07, 6.45) is 1.76. The molecule has 0 spiro atoms. The van der Waals surface area contributed by atoms with E-state index in [9.17, 15) is 13.2 Å². The van der Waals surface area contributed by atoms with Gasteiger partial charge in [0.25, 0.3) is 0 Å². The van der Waals surface area contributed by atoms with Crippen molar-refractivity contribution in [2.24, 2.45) is 0 Å². The number of carboxylic acid groups (broad SMARTS) is 1. The largest absolute Gasteiger partial charge is 0.475 e. The monoisotopic (exact) mass is 323 g/mol. The van der Waals surface area contributed by atoms with E-state index in [-0.39, 0.29) is 22.5 Å². The summed E-state index contributed by atoms with van der Waals surface area (Å²) in [5, 5.41) is 17.6. The molecule has 2 unspecified atom stereocenters. The lowest BCUT2D eigenvalue weighted by molar-refractivity contribution is 0.0661. The minimum Gasteiger partial charge on any atom is -0.475 e. The average molecular weight is 323 g/mol. The van der Waals surface area contributed by atoms with Gasteiger partial charge >= 0.3 is 5.97 Å². The maximum Gasteiger partial charge on any atom is 0.371 e. The molecule has 114 valence electrons. The van der Waals surface area contributed by atoms with Crippen molar-refractivity contribution in [3.05, 3.63) is 17.6 Å². The highest BCUT2D eigenvalue weighted by molar-refractivity contribution is 7.99. The number of carbonyl (C=O) groups is 1. The molecule has 9 heteroatoms. The van der Waals surface area contributed by atoms with Crippen LogP contribution in [-0.4, -0.2) is 48.8 Å². The Bertz CT molecular complexity index is 576. The summed E-state index contributed by atoms with van der Waals surface area (Å²) in [5.74, 6) is -1.76. The molecule has 0 saturated heterocycles. The molecule has 0 fully saturated rings. The molecule has 0 amide bonds. The lowest BCUT2D eigenvalue weighted by Crippen LogP contribution is -2.41. The van der Waals surface area contributed by atoms with Gasteiger partial charge in [0.1, 0.15) is 10.7 Å². The van der Waals surface area contributed by atoms with Crippen molar-refractivity contribution in [2.45, 2.75) is 30.0 Å². The van der Waals surface area contributed by atoms with Crippen LogP contribution in [0.5, 0.6) is 0 Å². The van der Waals surface area contributed by atoms with Crippen LogP contribution in [0.1, 0.15) is 23.2 Å². The molecule has 20 heavy (non-hydrogen) atoms. The zero-order valence-corrected chi connectivity index (χ0v) is 12.9. The summed E-state index contributed by atoms with van der Waals surface area (Å²) < 4.78 is 31.7. The lowest BCUT2D eigenvalue weighted by Gasteiger charge is -2.20. The third kappa shape index (κ3) is 3.75. The molecular formula is C11H17NO6S2. The van der Waals surface area contributed by atoms with E-state index in [2.05, 4.69) is 4.72 Å². The smallest absolute Gasteiger partial charge is 0.371 e. The fourth-order valence-electron chi connectivity index (χ4n) is 1.66. The number of furan rings is 1. The maximum absolute atomic E-state index is 12.2. The van der Waals surface area contributed by atoms with E-state index in [1.807, 2.05) is 0 Å². The Labute approximate surface area is 121 Å².